The van der Waals surface area contributed by atoms with Crippen molar-refractivity contribution in [2.24, 2.45) is 0 Å². The van der Waals surface area contributed by atoms with Crippen LogP contribution in [0.2, 0.25) is 0 Å². The SMILES string of the molecule is CCCC(=O)OCC(OCCOCCOC)OC(C)=O. The number of carbonyl (C=O) groups excluding carboxylic acids is 2. The lowest BCUT2D eigenvalue weighted by molar-refractivity contribution is -0.195. The second-order valence-electron chi connectivity index (χ2n) is 3.95. The van der Waals surface area contributed by atoms with Gasteiger partial charge in [0, 0.05) is 20.5 Å². The topological polar surface area (TPSA) is 80.3 Å². The summed E-state index contributed by atoms with van der Waals surface area (Å²) < 4.78 is 25.1. The molecule has 0 bridgehead atoms. The summed E-state index contributed by atoms with van der Waals surface area (Å²) in [6, 6.07) is 0. The van der Waals surface area contributed by atoms with Gasteiger partial charge in [-0.1, -0.05) is 6.92 Å². The Hall–Kier alpha value is -1.18. The second-order valence-corrected chi connectivity index (χ2v) is 3.95. The number of ether oxygens (including phenoxy) is 5. The van der Waals surface area contributed by atoms with E-state index in [9.17, 15) is 9.59 Å². The molecule has 7 nitrogen and oxygen atoms in total. The first-order valence-corrected chi connectivity index (χ1v) is 6.61. The van der Waals surface area contributed by atoms with Crippen LogP contribution in [-0.2, 0) is 33.3 Å². The van der Waals surface area contributed by atoms with Gasteiger partial charge >= 0.3 is 11.9 Å². The Kier molecular flexibility index (Phi) is 12.1. The van der Waals surface area contributed by atoms with E-state index in [2.05, 4.69) is 0 Å². The molecule has 0 heterocycles. The van der Waals surface area contributed by atoms with Gasteiger partial charge in [-0.2, -0.15) is 0 Å². The summed E-state index contributed by atoms with van der Waals surface area (Å²) in [5, 5.41) is 0. The third-order valence-corrected chi connectivity index (χ3v) is 2.10. The van der Waals surface area contributed by atoms with E-state index < -0.39 is 12.3 Å². The summed E-state index contributed by atoms with van der Waals surface area (Å²) >= 11 is 0. The van der Waals surface area contributed by atoms with Crippen molar-refractivity contribution in [1.82, 2.24) is 0 Å². The Morgan fingerprint density at radius 2 is 1.80 bits per heavy atom. The van der Waals surface area contributed by atoms with Crippen LogP contribution >= 0.6 is 0 Å². The second kappa shape index (κ2) is 12.8. The molecule has 0 N–H and O–H groups in total. The van der Waals surface area contributed by atoms with E-state index in [1.54, 1.807) is 7.11 Å². The fourth-order valence-corrected chi connectivity index (χ4v) is 1.22. The molecule has 0 saturated carbocycles. The number of esters is 2. The maximum absolute atomic E-state index is 11.2. The van der Waals surface area contributed by atoms with Crippen molar-refractivity contribution in [3.63, 3.8) is 0 Å². The van der Waals surface area contributed by atoms with Crippen LogP contribution in [0.1, 0.15) is 26.7 Å². The van der Waals surface area contributed by atoms with Crippen molar-refractivity contribution in [3.8, 4) is 0 Å². The predicted octanol–water partition coefficient (Wildman–Crippen LogP) is 0.898. The summed E-state index contributed by atoms with van der Waals surface area (Å²) in [5.74, 6) is -0.841. The van der Waals surface area contributed by atoms with Gasteiger partial charge in [-0.3, -0.25) is 9.59 Å². The average molecular weight is 292 g/mol. The Balaban J connectivity index is 3.84. The third-order valence-electron chi connectivity index (χ3n) is 2.10. The van der Waals surface area contributed by atoms with Gasteiger partial charge in [0.2, 0.25) is 6.29 Å². The van der Waals surface area contributed by atoms with Crippen LogP contribution in [0, 0.1) is 0 Å². The first kappa shape index (κ1) is 18.8. The van der Waals surface area contributed by atoms with Gasteiger partial charge in [-0.15, -0.1) is 0 Å². The summed E-state index contributed by atoms with van der Waals surface area (Å²) in [7, 11) is 1.58. The van der Waals surface area contributed by atoms with Crippen LogP contribution in [0.25, 0.3) is 0 Å². The molecular weight excluding hydrogens is 268 g/mol. The molecule has 1 atom stereocenters. The van der Waals surface area contributed by atoms with E-state index in [0.717, 1.165) is 0 Å². The third kappa shape index (κ3) is 11.9. The highest BCUT2D eigenvalue weighted by atomic mass is 16.7. The highest BCUT2D eigenvalue weighted by Gasteiger charge is 2.15. The molecule has 0 aromatic heterocycles. The van der Waals surface area contributed by atoms with Crippen molar-refractivity contribution < 1.29 is 33.3 Å². The van der Waals surface area contributed by atoms with Crippen LogP contribution in [0.4, 0.5) is 0 Å². The largest absolute Gasteiger partial charge is 0.459 e. The standard InChI is InChI=1S/C13H24O7/c1-4-5-12(15)19-10-13(20-11(2)14)18-9-8-17-7-6-16-3/h13H,4-10H2,1-3H3. The Morgan fingerprint density at radius 3 is 2.40 bits per heavy atom. The van der Waals surface area contributed by atoms with Crippen LogP contribution in [0.15, 0.2) is 0 Å². The zero-order valence-electron chi connectivity index (χ0n) is 12.4. The van der Waals surface area contributed by atoms with Gasteiger partial charge in [0.1, 0.15) is 0 Å². The molecular formula is C13H24O7. The zero-order chi connectivity index (χ0) is 15.2. The van der Waals surface area contributed by atoms with Crippen LogP contribution in [-0.4, -0.2) is 58.4 Å². The lowest BCUT2D eigenvalue weighted by Gasteiger charge is -2.17. The summed E-state index contributed by atoms with van der Waals surface area (Å²) in [6.45, 7) is 4.55. The molecule has 0 rings (SSSR count). The number of methoxy groups -OCH3 is 1. The fourth-order valence-electron chi connectivity index (χ4n) is 1.22. The number of hydrogen-bond donors (Lipinski definition) is 0. The van der Waals surface area contributed by atoms with Crippen LogP contribution < -0.4 is 0 Å². The van der Waals surface area contributed by atoms with Gasteiger partial charge in [0.25, 0.3) is 0 Å². The monoisotopic (exact) mass is 292 g/mol. The van der Waals surface area contributed by atoms with E-state index in [-0.39, 0.29) is 19.2 Å². The van der Waals surface area contributed by atoms with Crippen LogP contribution in [0.5, 0.6) is 0 Å². The highest BCUT2D eigenvalue weighted by Crippen LogP contribution is 2.00. The fraction of sp³-hybridized carbons (Fsp3) is 0.846. The average Bonchev–Trinajstić information content (AvgIpc) is 2.39. The molecule has 0 aliphatic carbocycles. The quantitative estimate of drug-likeness (QED) is 0.300. The molecule has 0 fully saturated rings. The van der Waals surface area contributed by atoms with Crippen molar-refractivity contribution in [1.29, 1.82) is 0 Å². The summed E-state index contributed by atoms with van der Waals surface area (Å²) in [5.41, 5.74) is 0. The molecule has 0 aromatic rings. The van der Waals surface area contributed by atoms with Crippen molar-refractivity contribution in [2.45, 2.75) is 33.0 Å². The number of hydrogen-bond acceptors (Lipinski definition) is 7. The van der Waals surface area contributed by atoms with E-state index in [1.165, 1.54) is 6.92 Å². The molecule has 0 aliphatic heterocycles. The van der Waals surface area contributed by atoms with Crippen molar-refractivity contribution >= 4 is 11.9 Å². The lowest BCUT2D eigenvalue weighted by atomic mass is 10.3. The Morgan fingerprint density at radius 1 is 1.10 bits per heavy atom. The number of carbonyl (C=O) groups is 2. The molecule has 118 valence electrons. The van der Waals surface area contributed by atoms with E-state index in [4.69, 9.17) is 23.7 Å². The van der Waals surface area contributed by atoms with Crippen LogP contribution in [0.3, 0.4) is 0 Å². The maximum atomic E-state index is 11.2. The Bertz CT molecular complexity index is 267. The van der Waals surface area contributed by atoms with Gasteiger partial charge in [0.05, 0.1) is 26.4 Å². The minimum atomic E-state index is -0.903. The highest BCUT2D eigenvalue weighted by molar-refractivity contribution is 5.69. The predicted molar refractivity (Wildman–Crippen MR) is 70.1 cm³/mol. The molecule has 20 heavy (non-hydrogen) atoms. The van der Waals surface area contributed by atoms with Gasteiger partial charge < -0.3 is 23.7 Å². The normalized spacial score (nSPS) is 11.9. The van der Waals surface area contributed by atoms with Crippen molar-refractivity contribution in [3.05, 3.63) is 0 Å². The van der Waals surface area contributed by atoms with Gasteiger partial charge in [-0.05, 0) is 6.42 Å². The lowest BCUT2D eigenvalue weighted by Crippen LogP contribution is -2.28. The smallest absolute Gasteiger partial charge is 0.305 e. The minimum Gasteiger partial charge on any atom is -0.459 e. The molecule has 0 radical (unpaired) electrons. The first-order chi connectivity index (χ1) is 9.60. The molecule has 0 amide bonds. The molecule has 0 saturated heterocycles. The van der Waals surface area contributed by atoms with E-state index >= 15 is 0 Å². The molecule has 0 spiro atoms. The van der Waals surface area contributed by atoms with E-state index in [0.29, 0.717) is 32.7 Å². The van der Waals surface area contributed by atoms with Gasteiger partial charge in [0.15, 0.2) is 6.61 Å². The molecule has 0 aliphatic rings. The number of rotatable bonds is 12. The molecule has 1 unspecified atom stereocenters. The minimum absolute atomic E-state index is 0.115. The molecule has 0 aromatic carbocycles. The first-order valence-electron chi connectivity index (χ1n) is 6.61. The summed E-state index contributed by atoms with van der Waals surface area (Å²) in [4.78, 5) is 22.1. The zero-order valence-corrected chi connectivity index (χ0v) is 12.4. The van der Waals surface area contributed by atoms with E-state index in [1.807, 2.05) is 6.92 Å². The maximum Gasteiger partial charge on any atom is 0.305 e. The Labute approximate surface area is 119 Å². The molecule has 7 heteroatoms. The summed E-state index contributed by atoms with van der Waals surface area (Å²) in [6.07, 6.45) is 0.123. The van der Waals surface area contributed by atoms with Crippen molar-refractivity contribution in [2.75, 3.05) is 40.1 Å². The van der Waals surface area contributed by atoms with Gasteiger partial charge in [-0.25, -0.2) is 0 Å².